The number of anilines is 2. The molecule has 0 bridgehead atoms. The van der Waals surface area contributed by atoms with Gasteiger partial charge in [0.2, 0.25) is 0 Å². The molecule has 0 amide bonds. The predicted molar refractivity (Wildman–Crippen MR) is 77.6 cm³/mol. The smallest absolute Gasteiger partial charge is 0.264 e. The SMILES string of the molecule is Cc1cccc(N(C)S(=O)(=O)c2cc(N)cc(F)c2)c1. The molecule has 0 radical (unpaired) electrons. The van der Waals surface area contributed by atoms with E-state index in [1.165, 1.54) is 13.1 Å². The average Bonchev–Trinajstić information content (AvgIpc) is 2.36. The lowest BCUT2D eigenvalue weighted by Crippen LogP contribution is -2.26. The summed E-state index contributed by atoms with van der Waals surface area (Å²) in [5, 5.41) is 0. The minimum atomic E-state index is -3.84. The molecule has 2 aromatic rings. The minimum absolute atomic E-state index is 0.0706. The summed E-state index contributed by atoms with van der Waals surface area (Å²) < 4.78 is 39.3. The molecule has 0 aliphatic heterocycles. The van der Waals surface area contributed by atoms with Crippen molar-refractivity contribution in [3.63, 3.8) is 0 Å². The van der Waals surface area contributed by atoms with Crippen molar-refractivity contribution in [1.29, 1.82) is 0 Å². The summed E-state index contributed by atoms with van der Waals surface area (Å²) in [6.07, 6.45) is 0. The van der Waals surface area contributed by atoms with Crippen LogP contribution in [0.5, 0.6) is 0 Å². The molecule has 4 nitrogen and oxygen atoms in total. The van der Waals surface area contributed by atoms with Gasteiger partial charge in [0.15, 0.2) is 0 Å². The summed E-state index contributed by atoms with van der Waals surface area (Å²) >= 11 is 0. The third-order valence-electron chi connectivity index (χ3n) is 2.92. The van der Waals surface area contributed by atoms with Crippen LogP contribution in [0.1, 0.15) is 5.56 Å². The highest BCUT2D eigenvalue weighted by Gasteiger charge is 2.22. The number of sulfonamides is 1. The maximum Gasteiger partial charge on any atom is 0.264 e. The first-order chi connectivity index (χ1) is 9.30. The van der Waals surface area contributed by atoms with Crippen LogP contribution < -0.4 is 10.0 Å². The van der Waals surface area contributed by atoms with Crippen molar-refractivity contribution < 1.29 is 12.8 Å². The van der Waals surface area contributed by atoms with Gasteiger partial charge in [-0.05, 0) is 42.8 Å². The van der Waals surface area contributed by atoms with Crippen LogP contribution in [0.25, 0.3) is 0 Å². The van der Waals surface area contributed by atoms with E-state index < -0.39 is 15.8 Å². The van der Waals surface area contributed by atoms with E-state index in [2.05, 4.69) is 0 Å². The number of benzene rings is 2. The molecule has 6 heteroatoms. The third-order valence-corrected chi connectivity index (χ3v) is 4.68. The van der Waals surface area contributed by atoms with Crippen LogP contribution in [0, 0.1) is 12.7 Å². The number of hydrogen-bond acceptors (Lipinski definition) is 3. The maximum atomic E-state index is 13.3. The van der Waals surface area contributed by atoms with Crippen molar-refractivity contribution in [2.45, 2.75) is 11.8 Å². The molecular weight excluding hydrogens is 279 g/mol. The summed E-state index contributed by atoms with van der Waals surface area (Å²) in [6.45, 7) is 1.87. The first-order valence-corrected chi connectivity index (χ1v) is 7.36. The number of rotatable bonds is 3. The highest BCUT2D eigenvalue weighted by molar-refractivity contribution is 7.92. The summed E-state index contributed by atoms with van der Waals surface area (Å²) in [5.41, 5.74) is 7.01. The number of nitrogens with two attached hydrogens (primary N) is 1. The molecule has 0 aliphatic rings. The summed E-state index contributed by atoms with van der Waals surface area (Å²) in [6, 6.07) is 10.3. The van der Waals surface area contributed by atoms with Gasteiger partial charge in [0.05, 0.1) is 10.6 Å². The quantitative estimate of drug-likeness (QED) is 0.885. The Bertz CT molecular complexity index is 724. The Morgan fingerprint density at radius 3 is 2.45 bits per heavy atom. The van der Waals surface area contributed by atoms with Gasteiger partial charge in [0, 0.05) is 12.7 Å². The molecular formula is C14H15FN2O2S. The Hall–Kier alpha value is -2.08. The molecule has 0 saturated heterocycles. The normalized spacial score (nSPS) is 11.3. The second-order valence-electron chi connectivity index (χ2n) is 4.53. The lowest BCUT2D eigenvalue weighted by atomic mass is 10.2. The number of halogens is 1. The Morgan fingerprint density at radius 2 is 1.85 bits per heavy atom. The molecule has 0 atom stereocenters. The van der Waals surface area contributed by atoms with Gasteiger partial charge in [-0.2, -0.15) is 0 Å². The van der Waals surface area contributed by atoms with E-state index in [-0.39, 0.29) is 10.6 Å². The zero-order chi connectivity index (χ0) is 14.9. The molecule has 2 rings (SSSR count). The fourth-order valence-corrected chi connectivity index (χ4v) is 3.11. The van der Waals surface area contributed by atoms with Crippen LogP contribution in [0.15, 0.2) is 47.4 Å². The van der Waals surface area contributed by atoms with Crippen LogP contribution in [0.3, 0.4) is 0 Å². The first-order valence-electron chi connectivity index (χ1n) is 5.92. The molecule has 2 N–H and O–H groups in total. The van der Waals surface area contributed by atoms with E-state index in [1.807, 2.05) is 13.0 Å². The standard InChI is InChI=1S/C14H15FN2O2S/c1-10-4-3-5-13(6-10)17(2)20(18,19)14-8-11(15)7-12(16)9-14/h3-9H,16H2,1-2H3. The van der Waals surface area contributed by atoms with E-state index in [9.17, 15) is 12.8 Å². The Labute approximate surface area is 117 Å². The number of hydrogen-bond donors (Lipinski definition) is 1. The molecule has 0 fully saturated rings. The fourth-order valence-electron chi connectivity index (χ4n) is 1.85. The van der Waals surface area contributed by atoms with E-state index in [0.29, 0.717) is 5.69 Å². The summed E-state index contributed by atoms with van der Waals surface area (Å²) in [4.78, 5) is -0.168. The average molecular weight is 294 g/mol. The lowest BCUT2D eigenvalue weighted by molar-refractivity contribution is 0.589. The predicted octanol–water partition coefficient (Wildman–Crippen LogP) is 2.54. The maximum absolute atomic E-state index is 13.3. The molecule has 0 saturated carbocycles. The summed E-state index contributed by atoms with van der Waals surface area (Å²) in [7, 11) is -2.42. The number of nitrogen functional groups attached to an aromatic ring is 1. The zero-order valence-electron chi connectivity index (χ0n) is 11.2. The molecule has 2 aromatic carbocycles. The molecule has 0 spiro atoms. The molecule has 0 heterocycles. The van der Waals surface area contributed by atoms with Gasteiger partial charge in [-0.25, -0.2) is 12.8 Å². The second-order valence-corrected chi connectivity index (χ2v) is 6.50. The van der Waals surface area contributed by atoms with Gasteiger partial charge in [0.25, 0.3) is 10.0 Å². The Morgan fingerprint density at radius 1 is 1.15 bits per heavy atom. The van der Waals surface area contributed by atoms with Crippen molar-refractivity contribution in [2.24, 2.45) is 0 Å². The van der Waals surface area contributed by atoms with Crippen molar-refractivity contribution in [3.05, 3.63) is 53.8 Å². The molecule has 0 aromatic heterocycles. The van der Waals surface area contributed by atoms with Gasteiger partial charge in [-0.3, -0.25) is 4.31 Å². The Balaban J connectivity index is 2.49. The zero-order valence-corrected chi connectivity index (χ0v) is 12.0. The topological polar surface area (TPSA) is 63.4 Å². The molecule has 106 valence electrons. The van der Waals surface area contributed by atoms with Gasteiger partial charge in [0.1, 0.15) is 5.82 Å². The van der Waals surface area contributed by atoms with Crippen molar-refractivity contribution >= 4 is 21.4 Å². The van der Waals surface area contributed by atoms with Gasteiger partial charge in [-0.1, -0.05) is 12.1 Å². The molecule has 0 unspecified atom stereocenters. The highest BCUT2D eigenvalue weighted by atomic mass is 32.2. The Kier molecular flexibility index (Phi) is 3.67. The van der Waals surface area contributed by atoms with Crippen molar-refractivity contribution in [3.8, 4) is 0 Å². The van der Waals surface area contributed by atoms with E-state index in [4.69, 9.17) is 5.73 Å². The third kappa shape index (κ3) is 2.75. The van der Waals surface area contributed by atoms with Crippen LogP contribution >= 0.6 is 0 Å². The van der Waals surface area contributed by atoms with E-state index in [0.717, 1.165) is 22.0 Å². The largest absolute Gasteiger partial charge is 0.399 e. The molecule has 20 heavy (non-hydrogen) atoms. The van der Waals surface area contributed by atoms with Crippen molar-refractivity contribution in [2.75, 3.05) is 17.1 Å². The van der Waals surface area contributed by atoms with Crippen molar-refractivity contribution in [1.82, 2.24) is 0 Å². The van der Waals surface area contributed by atoms with Gasteiger partial charge >= 0.3 is 0 Å². The van der Waals surface area contributed by atoms with Crippen LogP contribution in [0.4, 0.5) is 15.8 Å². The number of nitrogens with zero attached hydrogens (tertiary/aromatic N) is 1. The van der Waals surface area contributed by atoms with Crippen LogP contribution in [-0.2, 0) is 10.0 Å². The van der Waals surface area contributed by atoms with E-state index >= 15 is 0 Å². The van der Waals surface area contributed by atoms with Gasteiger partial charge < -0.3 is 5.73 Å². The fraction of sp³-hybridized carbons (Fsp3) is 0.143. The number of aryl methyl sites for hydroxylation is 1. The molecule has 0 aliphatic carbocycles. The van der Waals surface area contributed by atoms with Crippen LogP contribution in [-0.4, -0.2) is 15.5 Å². The van der Waals surface area contributed by atoms with Crippen LogP contribution in [0.2, 0.25) is 0 Å². The second kappa shape index (κ2) is 5.13. The minimum Gasteiger partial charge on any atom is -0.399 e. The highest BCUT2D eigenvalue weighted by Crippen LogP contribution is 2.24. The lowest BCUT2D eigenvalue weighted by Gasteiger charge is -2.20. The van der Waals surface area contributed by atoms with Gasteiger partial charge in [-0.15, -0.1) is 0 Å². The first kappa shape index (κ1) is 14.3. The van der Waals surface area contributed by atoms with E-state index in [1.54, 1.807) is 18.2 Å². The monoisotopic (exact) mass is 294 g/mol. The summed E-state index contributed by atoms with van der Waals surface area (Å²) in [5.74, 6) is -0.679.